The van der Waals surface area contributed by atoms with E-state index in [1.807, 2.05) is 50.2 Å². The fraction of sp³-hybridized carbons (Fsp3) is 0.300. The van der Waals surface area contributed by atoms with Gasteiger partial charge in [0.2, 0.25) is 0 Å². The minimum absolute atomic E-state index is 0.200. The Hall–Kier alpha value is -2.66. The van der Waals surface area contributed by atoms with Gasteiger partial charge in [-0.1, -0.05) is 30.3 Å². The predicted molar refractivity (Wildman–Crippen MR) is 98.6 cm³/mol. The Bertz CT molecular complexity index is 945. The fourth-order valence-electron chi connectivity index (χ4n) is 3.55. The average molecular weight is 335 g/mol. The number of nitrogens with zero attached hydrogens (tertiary/aromatic N) is 2. The summed E-state index contributed by atoms with van der Waals surface area (Å²) in [5.41, 5.74) is 1.75. The van der Waals surface area contributed by atoms with E-state index < -0.39 is 5.60 Å². The van der Waals surface area contributed by atoms with Gasteiger partial charge in [-0.2, -0.15) is 0 Å². The van der Waals surface area contributed by atoms with Crippen molar-refractivity contribution >= 4 is 16.6 Å². The van der Waals surface area contributed by atoms with E-state index in [2.05, 4.69) is 15.5 Å². The number of hydrogen-bond acceptors (Lipinski definition) is 5. The van der Waals surface area contributed by atoms with Crippen molar-refractivity contribution in [3.05, 3.63) is 48.0 Å². The molecular formula is C20H21N3O2. The van der Waals surface area contributed by atoms with E-state index >= 15 is 0 Å². The summed E-state index contributed by atoms with van der Waals surface area (Å²) in [5.74, 6) is 0.918. The highest BCUT2D eigenvalue weighted by atomic mass is 16.3. The number of phenolic OH excluding ortho intramolecular Hbond substituents is 1. The van der Waals surface area contributed by atoms with Crippen molar-refractivity contribution in [1.82, 2.24) is 10.2 Å². The van der Waals surface area contributed by atoms with Crippen molar-refractivity contribution < 1.29 is 10.2 Å². The highest BCUT2D eigenvalue weighted by molar-refractivity contribution is 6.00. The van der Waals surface area contributed by atoms with Gasteiger partial charge < -0.3 is 15.5 Å². The molecule has 1 fully saturated rings. The molecule has 0 amide bonds. The smallest absolute Gasteiger partial charge is 0.156 e. The molecule has 1 aromatic heterocycles. The van der Waals surface area contributed by atoms with Gasteiger partial charge in [0.15, 0.2) is 5.82 Å². The number of aliphatic hydroxyl groups is 1. The normalized spacial score (nSPS) is 22.6. The summed E-state index contributed by atoms with van der Waals surface area (Å²) in [4.78, 5) is 0. The van der Waals surface area contributed by atoms with Gasteiger partial charge in [0.1, 0.15) is 11.4 Å². The number of hydrogen-bond donors (Lipinski definition) is 3. The van der Waals surface area contributed by atoms with E-state index in [1.54, 1.807) is 6.07 Å². The zero-order valence-corrected chi connectivity index (χ0v) is 14.3. The lowest BCUT2D eigenvalue weighted by Crippen LogP contribution is -2.48. The molecule has 0 bridgehead atoms. The molecule has 1 aliphatic rings. The van der Waals surface area contributed by atoms with Crippen LogP contribution in [-0.2, 0) is 0 Å². The first kappa shape index (κ1) is 15.8. The van der Waals surface area contributed by atoms with Gasteiger partial charge >= 0.3 is 0 Å². The van der Waals surface area contributed by atoms with Gasteiger partial charge in [0, 0.05) is 22.4 Å². The first-order valence-corrected chi connectivity index (χ1v) is 8.47. The molecule has 1 heterocycles. The van der Waals surface area contributed by atoms with E-state index in [1.165, 1.54) is 0 Å². The highest BCUT2D eigenvalue weighted by Crippen LogP contribution is 2.37. The molecule has 1 saturated carbocycles. The first-order valence-electron chi connectivity index (χ1n) is 8.47. The van der Waals surface area contributed by atoms with Crippen LogP contribution in [0.5, 0.6) is 5.75 Å². The Morgan fingerprint density at radius 3 is 2.48 bits per heavy atom. The minimum atomic E-state index is -0.589. The molecule has 128 valence electrons. The molecular weight excluding hydrogens is 314 g/mol. The Kier molecular flexibility index (Phi) is 3.62. The van der Waals surface area contributed by atoms with Crippen molar-refractivity contribution in [1.29, 1.82) is 0 Å². The van der Waals surface area contributed by atoms with Gasteiger partial charge in [-0.25, -0.2) is 0 Å². The molecule has 0 unspecified atom stereocenters. The van der Waals surface area contributed by atoms with E-state index in [-0.39, 0.29) is 11.8 Å². The zero-order chi connectivity index (χ0) is 17.6. The average Bonchev–Trinajstić information content (AvgIpc) is 2.54. The molecule has 1 aliphatic carbocycles. The molecule has 0 atom stereocenters. The lowest BCUT2D eigenvalue weighted by atomic mass is 9.77. The number of anilines is 1. The summed E-state index contributed by atoms with van der Waals surface area (Å²) in [6.07, 6.45) is 1.40. The summed E-state index contributed by atoms with van der Waals surface area (Å²) in [6, 6.07) is 13.7. The molecule has 0 saturated heterocycles. The number of rotatable bonds is 3. The largest absolute Gasteiger partial charge is 0.507 e. The van der Waals surface area contributed by atoms with Gasteiger partial charge in [0.05, 0.1) is 5.60 Å². The van der Waals surface area contributed by atoms with E-state index in [0.717, 1.165) is 16.3 Å². The van der Waals surface area contributed by atoms with Crippen molar-refractivity contribution in [2.75, 3.05) is 5.32 Å². The standard InChI is InChI=1S/C20H21N3O2/c1-12-7-8-16(17(24)9-12)18-14-5-3-4-6-15(14)19(23-22-18)21-13-10-20(2,25)11-13/h3-9,13,24-25H,10-11H2,1-2H3,(H,21,23). The van der Waals surface area contributed by atoms with Crippen LogP contribution in [-0.4, -0.2) is 32.1 Å². The second-order valence-corrected chi connectivity index (χ2v) is 7.21. The third-order valence-corrected chi connectivity index (χ3v) is 4.81. The number of fused-ring (bicyclic) bond motifs is 1. The minimum Gasteiger partial charge on any atom is -0.507 e. The number of benzene rings is 2. The third-order valence-electron chi connectivity index (χ3n) is 4.81. The van der Waals surface area contributed by atoms with Gasteiger partial charge in [-0.05, 0) is 44.4 Å². The van der Waals surface area contributed by atoms with Crippen LogP contribution in [0.15, 0.2) is 42.5 Å². The molecule has 3 N–H and O–H groups in total. The Balaban J connectivity index is 1.77. The molecule has 2 aromatic carbocycles. The number of aromatic hydroxyl groups is 1. The third kappa shape index (κ3) is 2.91. The van der Waals surface area contributed by atoms with Gasteiger partial charge in [-0.15, -0.1) is 10.2 Å². The van der Waals surface area contributed by atoms with Crippen molar-refractivity contribution in [2.24, 2.45) is 0 Å². The quantitative estimate of drug-likeness (QED) is 0.681. The maximum Gasteiger partial charge on any atom is 0.156 e. The van der Waals surface area contributed by atoms with Gasteiger partial charge in [-0.3, -0.25) is 0 Å². The molecule has 4 rings (SSSR count). The molecule has 0 aliphatic heterocycles. The molecule has 3 aromatic rings. The van der Waals surface area contributed by atoms with Gasteiger partial charge in [0.25, 0.3) is 0 Å². The predicted octanol–water partition coefficient (Wildman–Crippen LogP) is 3.64. The summed E-state index contributed by atoms with van der Waals surface area (Å²) in [7, 11) is 0. The number of nitrogens with one attached hydrogen (secondary N) is 1. The first-order chi connectivity index (χ1) is 11.9. The molecule has 25 heavy (non-hydrogen) atoms. The SMILES string of the molecule is Cc1ccc(-c2nnc(NC3CC(C)(O)C3)c3ccccc23)c(O)c1. The molecule has 0 radical (unpaired) electrons. The van der Waals surface area contributed by atoms with Crippen LogP contribution in [0.1, 0.15) is 25.3 Å². The van der Waals surface area contributed by atoms with E-state index in [0.29, 0.717) is 29.9 Å². The number of aromatic nitrogens is 2. The second-order valence-electron chi connectivity index (χ2n) is 7.21. The van der Waals surface area contributed by atoms with E-state index in [9.17, 15) is 10.2 Å². The van der Waals surface area contributed by atoms with Crippen LogP contribution >= 0.6 is 0 Å². The van der Waals surface area contributed by atoms with Crippen LogP contribution in [0.25, 0.3) is 22.0 Å². The zero-order valence-electron chi connectivity index (χ0n) is 14.3. The van der Waals surface area contributed by atoms with E-state index in [4.69, 9.17) is 0 Å². The van der Waals surface area contributed by atoms with Crippen LogP contribution in [0.2, 0.25) is 0 Å². The Morgan fingerprint density at radius 1 is 1.08 bits per heavy atom. The van der Waals surface area contributed by atoms with Crippen LogP contribution < -0.4 is 5.32 Å². The molecule has 5 heteroatoms. The topological polar surface area (TPSA) is 78.3 Å². The summed E-state index contributed by atoms with van der Waals surface area (Å²) in [6.45, 7) is 3.78. The van der Waals surface area contributed by atoms with Crippen LogP contribution in [0, 0.1) is 6.92 Å². The van der Waals surface area contributed by atoms with Crippen molar-refractivity contribution in [3.63, 3.8) is 0 Å². The number of aryl methyl sites for hydroxylation is 1. The van der Waals surface area contributed by atoms with Crippen molar-refractivity contribution in [2.45, 2.75) is 38.3 Å². The monoisotopic (exact) mass is 335 g/mol. The Morgan fingerprint density at radius 2 is 1.80 bits per heavy atom. The Labute approximate surface area is 146 Å². The summed E-state index contributed by atoms with van der Waals surface area (Å²) in [5, 5.41) is 34.2. The highest BCUT2D eigenvalue weighted by Gasteiger charge is 2.38. The molecule has 0 spiro atoms. The lowest BCUT2D eigenvalue weighted by Gasteiger charge is -2.41. The second kappa shape index (κ2) is 5.70. The maximum absolute atomic E-state index is 10.3. The lowest BCUT2D eigenvalue weighted by molar-refractivity contribution is -0.0235. The maximum atomic E-state index is 10.3. The van der Waals surface area contributed by atoms with Crippen LogP contribution in [0.4, 0.5) is 5.82 Å². The molecule has 5 nitrogen and oxygen atoms in total. The van der Waals surface area contributed by atoms with Crippen molar-refractivity contribution in [3.8, 4) is 17.0 Å². The summed E-state index contributed by atoms with van der Waals surface area (Å²) < 4.78 is 0. The fourth-order valence-corrected chi connectivity index (χ4v) is 3.55. The number of phenols is 1. The van der Waals surface area contributed by atoms with Crippen LogP contribution in [0.3, 0.4) is 0 Å². The summed E-state index contributed by atoms with van der Waals surface area (Å²) >= 11 is 0.